The van der Waals surface area contributed by atoms with Gasteiger partial charge in [-0.15, -0.1) is 0 Å². The Balaban J connectivity index is 2.06. The Hall–Kier alpha value is -0.570. The molecule has 0 saturated heterocycles. The molecule has 0 aromatic carbocycles. The van der Waals surface area contributed by atoms with Gasteiger partial charge in [0.05, 0.1) is 0 Å². The summed E-state index contributed by atoms with van der Waals surface area (Å²) in [5.41, 5.74) is 5.55. The highest BCUT2D eigenvalue weighted by Crippen LogP contribution is 2.27. The first-order chi connectivity index (χ1) is 8.29. The summed E-state index contributed by atoms with van der Waals surface area (Å²) in [6.07, 6.45) is 10.6. The lowest BCUT2D eigenvalue weighted by Gasteiger charge is -2.21. The van der Waals surface area contributed by atoms with Gasteiger partial charge in [-0.3, -0.25) is 4.79 Å². The predicted molar refractivity (Wildman–Crippen MR) is 71.8 cm³/mol. The van der Waals surface area contributed by atoms with E-state index in [4.69, 9.17) is 5.73 Å². The van der Waals surface area contributed by atoms with Crippen LogP contribution in [0.5, 0.6) is 0 Å². The van der Waals surface area contributed by atoms with Crippen molar-refractivity contribution in [3.63, 3.8) is 0 Å². The standard InChI is InChI=1S/C14H28N2O/c1-2-3-4-5-6-7-8-14(17)16(12-11-15)13-9-10-13/h13H,2-12,15H2,1H3. The summed E-state index contributed by atoms with van der Waals surface area (Å²) in [5, 5.41) is 0. The number of nitrogens with zero attached hydrogens (tertiary/aromatic N) is 1. The molecule has 3 heteroatoms. The van der Waals surface area contributed by atoms with Crippen LogP contribution in [-0.4, -0.2) is 29.9 Å². The Morgan fingerprint density at radius 2 is 1.82 bits per heavy atom. The zero-order chi connectivity index (χ0) is 12.5. The van der Waals surface area contributed by atoms with Gasteiger partial charge < -0.3 is 10.6 Å². The van der Waals surface area contributed by atoms with Crippen LogP contribution < -0.4 is 5.73 Å². The first-order valence-electron chi connectivity index (χ1n) is 7.29. The van der Waals surface area contributed by atoms with Gasteiger partial charge in [-0.25, -0.2) is 0 Å². The van der Waals surface area contributed by atoms with Gasteiger partial charge >= 0.3 is 0 Å². The van der Waals surface area contributed by atoms with Crippen molar-refractivity contribution in [1.29, 1.82) is 0 Å². The maximum Gasteiger partial charge on any atom is 0.222 e. The number of carbonyl (C=O) groups excluding carboxylic acids is 1. The average Bonchev–Trinajstić information content (AvgIpc) is 3.14. The second-order valence-electron chi connectivity index (χ2n) is 5.12. The number of nitrogens with two attached hydrogens (primary N) is 1. The van der Waals surface area contributed by atoms with Gasteiger partial charge in [0.25, 0.3) is 0 Å². The molecule has 0 bridgehead atoms. The fourth-order valence-corrected chi connectivity index (χ4v) is 2.24. The minimum atomic E-state index is 0.327. The fraction of sp³-hybridized carbons (Fsp3) is 0.929. The van der Waals surface area contributed by atoms with Gasteiger partial charge in [0.2, 0.25) is 5.91 Å². The van der Waals surface area contributed by atoms with Crippen LogP contribution in [0.1, 0.15) is 64.7 Å². The van der Waals surface area contributed by atoms with Gasteiger partial charge in [0.1, 0.15) is 0 Å². The smallest absolute Gasteiger partial charge is 0.222 e. The van der Waals surface area contributed by atoms with Gasteiger partial charge in [-0.1, -0.05) is 39.0 Å². The summed E-state index contributed by atoms with van der Waals surface area (Å²) in [6.45, 7) is 3.57. The zero-order valence-electron chi connectivity index (χ0n) is 11.3. The summed E-state index contributed by atoms with van der Waals surface area (Å²) in [6, 6.07) is 0.520. The second kappa shape index (κ2) is 8.51. The number of rotatable bonds is 10. The number of hydrogen-bond acceptors (Lipinski definition) is 2. The summed E-state index contributed by atoms with van der Waals surface area (Å²) in [7, 11) is 0. The predicted octanol–water partition coefficient (Wildman–Crippen LogP) is 2.69. The van der Waals surface area contributed by atoms with E-state index >= 15 is 0 Å². The van der Waals surface area contributed by atoms with E-state index in [2.05, 4.69) is 6.92 Å². The SMILES string of the molecule is CCCCCCCCC(=O)N(CCN)C1CC1. The van der Waals surface area contributed by atoms with E-state index in [1.165, 1.54) is 44.9 Å². The molecule has 1 rings (SSSR count). The number of carbonyl (C=O) groups is 1. The van der Waals surface area contributed by atoms with Crippen molar-refractivity contribution in [3.05, 3.63) is 0 Å². The van der Waals surface area contributed by atoms with Crippen molar-refractivity contribution in [3.8, 4) is 0 Å². The molecule has 0 aromatic rings. The quantitative estimate of drug-likeness (QED) is 0.597. The molecule has 0 aromatic heterocycles. The highest BCUT2D eigenvalue weighted by molar-refractivity contribution is 5.76. The first-order valence-corrected chi connectivity index (χ1v) is 7.29. The molecule has 0 spiro atoms. The van der Waals surface area contributed by atoms with E-state index < -0.39 is 0 Å². The highest BCUT2D eigenvalue weighted by atomic mass is 16.2. The van der Waals surface area contributed by atoms with Crippen molar-refractivity contribution >= 4 is 5.91 Å². The molecule has 0 heterocycles. The Labute approximate surface area is 106 Å². The molecule has 3 nitrogen and oxygen atoms in total. The van der Waals surface area contributed by atoms with E-state index in [1.807, 2.05) is 4.90 Å². The van der Waals surface area contributed by atoms with Crippen molar-refractivity contribution < 1.29 is 4.79 Å². The molecule has 1 amide bonds. The van der Waals surface area contributed by atoms with E-state index in [9.17, 15) is 4.79 Å². The number of unbranched alkanes of at least 4 members (excludes halogenated alkanes) is 5. The molecule has 2 N–H and O–H groups in total. The summed E-state index contributed by atoms with van der Waals surface area (Å²) < 4.78 is 0. The van der Waals surface area contributed by atoms with E-state index in [0.717, 1.165) is 19.4 Å². The molecular formula is C14H28N2O. The molecule has 1 fully saturated rings. The lowest BCUT2D eigenvalue weighted by molar-refractivity contribution is -0.131. The van der Waals surface area contributed by atoms with E-state index in [-0.39, 0.29) is 0 Å². The minimum Gasteiger partial charge on any atom is -0.338 e. The number of amides is 1. The molecule has 0 unspecified atom stereocenters. The first kappa shape index (κ1) is 14.5. The van der Waals surface area contributed by atoms with Gasteiger partial charge in [-0.2, -0.15) is 0 Å². The monoisotopic (exact) mass is 240 g/mol. The van der Waals surface area contributed by atoms with Gasteiger partial charge in [-0.05, 0) is 19.3 Å². The fourth-order valence-electron chi connectivity index (χ4n) is 2.24. The third-order valence-electron chi connectivity index (χ3n) is 3.42. The van der Waals surface area contributed by atoms with Gasteiger partial charge in [0, 0.05) is 25.6 Å². The third kappa shape index (κ3) is 6.06. The van der Waals surface area contributed by atoms with Crippen LogP contribution >= 0.6 is 0 Å². The molecule has 0 aliphatic heterocycles. The summed E-state index contributed by atoms with van der Waals surface area (Å²) in [5.74, 6) is 0.327. The molecular weight excluding hydrogens is 212 g/mol. The van der Waals surface area contributed by atoms with Gasteiger partial charge in [0.15, 0.2) is 0 Å². The van der Waals surface area contributed by atoms with Crippen LogP contribution in [0.2, 0.25) is 0 Å². The van der Waals surface area contributed by atoms with E-state index in [1.54, 1.807) is 0 Å². The molecule has 100 valence electrons. The summed E-state index contributed by atoms with van der Waals surface area (Å²) >= 11 is 0. The Morgan fingerprint density at radius 1 is 1.18 bits per heavy atom. The second-order valence-corrected chi connectivity index (χ2v) is 5.12. The van der Waals surface area contributed by atoms with Crippen LogP contribution in [0.3, 0.4) is 0 Å². The molecule has 1 saturated carbocycles. The Bertz CT molecular complexity index is 214. The summed E-state index contributed by atoms with van der Waals surface area (Å²) in [4.78, 5) is 14.0. The molecule has 17 heavy (non-hydrogen) atoms. The Kier molecular flexibility index (Phi) is 7.25. The third-order valence-corrected chi connectivity index (χ3v) is 3.42. The lowest BCUT2D eigenvalue weighted by Crippen LogP contribution is -2.36. The largest absolute Gasteiger partial charge is 0.338 e. The van der Waals surface area contributed by atoms with Crippen molar-refractivity contribution in [2.45, 2.75) is 70.8 Å². The topological polar surface area (TPSA) is 46.3 Å². The van der Waals surface area contributed by atoms with Crippen LogP contribution in [-0.2, 0) is 4.79 Å². The molecule has 1 aliphatic carbocycles. The van der Waals surface area contributed by atoms with Crippen molar-refractivity contribution in [2.75, 3.05) is 13.1 Å². The molecule has 0 atom stereocenters. The maximum absolute atomic E-state index is 12.0. The van der Waals surface area contributed by atoms with Crippen LogP contribution in [0.4, 0.5) is 0 Å². The maximum atomic E-state index is 12.0. The van der Waals surface area contributed by atoms with Crippen LogP contribution in [0.25, 0.3) is 0 Å². The van der Waals surface area contributed by atoms with Crippen LogP contribution in [0.15, 0.2) is 0 Å². The minimum absolute atomic E-state index is 0.327. The average molecular weight is 240 g/mol. The highest BCUT2D eigenvalue weighted by Gasteiger charge is 2.31. The number of hydrogen-bond donors (Lipinski definition) is 1. The molecule has 0 radical (unpaired) electrons. The van der Waals surface area contributed by atoms with Crippen molar-refractivity contribution in [1.82, 2.24) is 4.90 Å². The lowest BCUT2D eigenvalue weighted by atomic mass is 10.1. The van der Waals surface area contributed by atoms with Crippen molar-refractivity contribution in [2.24, 2.45) is 5.73 Å². The molecule has 1 aliphatic rings. The normalized spacial score (nSPS) is 14.9. The van der Waals surface area contributed by atoms with E-state index in [0.29, 0.717) is 18.5 Å². The zero-order valence-corrected chi connectivity index (χ0v) is 11.3. The Morgan fingerprint density at radius 3 is 2.41 bits per heavy atom. The van der Waals surface area contributed by atoms with Crippen LogP contribution in [0, 0.1) is 0 Å².